The van der Waals surface area contributed by atoms with E-state index in [1.165, 1.54) is 9.88 Å². The summed E-state index contributed by atoms with van der Waals surface area (Å²) >= 11 is 1.81. The van der Waals surface area contributed by atoms with E-state index in [1.807, 2.05) is 41.7 Å². The van der Waals surface area contributed by atoms with Gasteiger partial charge in [0, 0.05) is 37.3 Å². The number of aryl methyl sites for hydroxylation is 1. The molecular formula is C16H24N4OS. The number of hydrogen-bond donors (Lipinski definition) is 1. The Hall–Kier alpha value is -1.24. The number of ether oxygens (including phenoxy) is 1. The summed E-state index contributed by atoms with van der Waals surface area (Å²) < 4.78 is 7.95. The van der Waals surface area contributed by atoms with Crippen LogP contribution in [0.3, 0.4) is 0 Å². The van der Waals surface area contributed by atoms with Gasteiger partial charge in [-0.2, -0.15) is 0 Å². The van der Waals surface area contributed by atoms with Crippen LogP contribution in [0.15, 0.2) is 18.7 Å². The molecule has 3 heterocycles. The second kappa shape index (κ2) is 6.89. The van der Waals surface area contributed by atoms with E-state index in [0.717, 1.165) is 31.7 Å². The van der Waals surface area contributed by atoms with E-state index in [1.54, 1.807) is 0 Å². The molecule has 1 aliphatic rings. The SMILES string of the molecule is CC(C)c1cnc(CN[C@@H]2CCO[C@H](c3cncn3C)C2)s1. The first kappa shape index (κ1) is 15.6. The van der Waals surface area contributed by atoms with Gasteiger partial charge in [-0.1, -0.05) is 13.8 Å². The maximum Gasteiger partial charge on any atom is 0.107 e. The molecule has 22 heavy (non-hydrogen) atoms. The van der Waals surface area contributed by atoms with Gasteiger partial charge in [-0.15, -0.1) is 11.3 Å². The van der Waals surface area contributed by atoms with E-state index in [0.29, 0.717) is 12.0 Å². The number of hydrogen-bond acceptors (Lipinski definition) is 5. The number of aromatic nitrogens is 3. The fourth-order valence-electron chi connectivity index (χ4n) is 2.77. The second-order valence-electron chi connectivity index (χ2n) is 6.20. The molecule has 2 atom stereocenters. The van der Waals surface area contributed by atoms with Gasteiger partial charge in [0.1, 0.15) is 11.1 Å². The maximum atomic E-state index is 5.91. The lowest BCUT2D eigenvalue weighted by Crippen LogP contribution is -2.36. The molecule has 3 rings (SSSR count). The minimum Gasteiger partial charge on any atom is -0.372 e. The summed E-state index contributed by atoms with van der Waals surface area (Å²) in [7, 11) is 2.02. The minimum atomic E-state index is 0.140. The fraction of sp³-hybridized carbons (Fsp3) is 0.625. The Balaban J connectivity index is 1.55. The van der Waals surface area contributed by atoms with Crippen LogP contribution in [0.2, 0.25) is 0 Å². The largest absolute Gasteiger partial charge is 0.372 e. The summed E-state index contributed by atoms with van der Waals surface area (Å²) in [5.41, 5.74) is 1.16. The van der Waals surface area contributed by atoms with Crippen molar-refractivity contribution in [2.24, 2.45) is 7.05 Å². The summed E-state index contributed by atoms with van der Waals surface area (Å²) in [5, 5.41) is 4.81. The Morgan fingerprint density at radius 3 is 3.00 bits per heavy atom. The predicted octanol–water partition coefficient (Wildman–Crippen LogP) is 3.01. The van der Waals surface area contributed by atoms with Gasteiger partial charge in [0.25, 0.3) is 0 Å². The first-order valence-corrected chi connectivity index (χ1v) is 8.71. The van der Waals surface area contributed by atoms with Gasteiger partial charge in [0.15, 0.2) is 0 Å². The van der Waals surface area contributed by atoms with E-state index in [-0.39, 0.29) is 6.10 Å². The Morgan fingerprint density at radius 1 is 1.45 bits per heavy atom. The van der Waals surface area contributed by atoms with Crippen molar-refractivity contribution in [3.05, 3.63) is 34.3 Å². The quantitative estimate of drug-likeness (QED) is 0.920. The number of imidazole rings is 1. The third-order valence-electron chi connectivity index (χ3n) is 4.15. The fourth-order valence-corrected chi connectivity index (χ4v) is 3.64. The molecule has 1 N–H and O–H groups in total. The van der Waals surface area contributed by atoms with E-state index in [9.17, 15) is 0 Å². The molecular weight excluding hydrogens is 296 g/mol. The molecule has 5 nitrogen and oxygen atoms in total. The third-order valence-corrected chi connectivity index (χ3v) is 5.45. The van der Waals surface area contributed by atoms with Gasteiger partial charge >= 0.3 is 0 Å². The molecule has 120 valence electrons. The molecule has 2 aromatic rings. The van der Waals surface area contributed by atoms with Crippen LogP contribution in [0, 0.1) is 0 Å². The highest BCUT2D eigenvalue weighted by Crippen LogP contribution is 2.28. The summed E-state index contributed by atoms with van der Waals surface area (Å²) in [6.07, 6.45) is 7.93. The molecule has 1 aliphatic heterocycles. The zero-order valence-electron chi connectivity index (χ0n) is 13.5. The monoisotopic (exact) mass is 320 g/mol. The van der Waals surface area contributed by atoms with Gasteiger partial charge in [-0.25, -0.2) is 9.97 Å². The van der Waals surface area contributed by atoms with E-state index >= 15 is 0 Å². The van der Waals surface area contributed by atoms with Gasteiger partial charge in [0.05, 0.1) is 18.2 Å². The van der Waals surface area contributed by atoms with Crippen molar-refractivity contribution in [2.45, 2.75) is 51.3 Å². The average Bonchev–Trinajstić information content (AvgIpc) is 3.14. The van der Waals surface area contributed by atoms with Crippen LogP contribution in [0.5, 0.6) is 0 Å². The molecule has 6 heteroatoms. The number of thiazole rings is 1. The molecule has 0 bridgehead atoms. The average molecular weight is 320 g/mol. The van der Waals surface area contributed by atoms with Gasteiger partial charge in [0.2, 0.25) is 0 Å². The number of rotatable bonds is 5. The van der Waals surface area contributed by atoms with Crippen LogP contribution >= 0.6 is 11.3 Å². The lowest BCUT2D eigenvalue weighted by atomic mass is 10.0. The van der Waals surface area contributed by atoms with Crippen LogP contribution in [0.4, 0.5) is 0 Å². The first-order chi connectivity index (χ1) is 10.6. The highest BCUT2D eigenvalue weighted by molar-refractivity contribution is 7.11. The molecule has 0 radical (unpaired) electrons. The van der Waals surface area contributed by atoms with Crippen LogP contribution in [0.25, 0.3) is 0 Å². The van der Waals surface area contributed by atoms with Crippen LogP contribution in [-0.4, -0.2) is 27.2 Å². The van der Waals surface area contributed by atoms with Gasteiger partial charge < -0.3 is 14.6 Å². The van der Waals surface area contributed by atoms with E-state index in [4.69, 9.17) is 4.74 Å². The first-order valence-electron chi connectivity index (χ1n) is 7.89. The second-order valence-corrected chi connectivity index (χ2v) is 7.35. The summed E-state index contributed by atoms with van der Waals surface area (Å²) in [4.78, 5) is 10.1. The number of nitrogens with zero attached hydrogens (tertiary/aromatic N) is 3. The van der Waals surface area contributed by atoms with E-state index < -0.39 is 0 Å². The Kier molecular flexibility index (Phi) is 4.90. The summed E-state index contributed by atoms with van der Waals surface area (Å²) in [5.74, 6) is 0.559. The van der Waals surface area contributed by atoms with Crippen molar-refractivity contribution < 1.29 is 4.74 Å². The summed E-state index contributed by atoms with van der Waals surface area (Å²) in [6, 6.07) is 0.472. The molecule has 1 saturated heterocycles. The van der Waals surface area contributed by atoms with Crippen molar-refractivity contribution in [1.82, 2.24) is 19.9 Å². The standard InChI is InChI=1S/C16H24N4OS/c1-11(2)15-8-19-16(22-15)9-18-12-4-5-21-14(6-12)13-7-17-10-20(13)3/h7-8,10-12,14,18H,4-6,9H2,1-3H3/t12-,14+/m1/s1. The zero-order valence-corrected chi connectivity index (χ0v) is 14.3. The van der Waals surface area contributed by atoms with Gasteiger partial charge in [-0.3, -0.25) is 0 Å². The molecule has 1 fully saturated rings. The predicted molar refractivity (Wildman–Crippen MR) is 88.0 cm³/mol. The Morgan fingerprint density at radius 2 is 2.32 bits per heavy atom. The van der Waals surface area contributed by atoms with Crippen molar-refractivity contribution in [1.29, 1.82) is 0 Å². The Bertz CT molecular complexity index is 607. The van der Waals surface area contributed by atoms with E-state index in [2.05, 4.69) is 29.1 Å². The summed E-state index contributed by atoms with van der Waals surface area (Å²) in [6.45, 7) is 6.06. The molecule has 0 aromatic carbocycles. The normalized spacial score (nSPS) is 22.4. The van der Waals surface area contributed by atoms with Crippen molar-refractivity contribution in [2.75, 3.05) is 6.61 Å². The van der Waals surface area contributed by atoms with Crippen LogP contribution in [0.1, 0.15) is 54.3 Å². The molecule has 0 spiro atoms. The lowest BCUT2D eigenvalue weighted by Gasteiger charge is -2.30. The Labute approximate surface area is 135 Å². The molecule has 0 amide bonds. The van der Waals surface area contributed by atoms with Crippen LogP contribution < -0.4 is 5.32 Å². The molecule has 0 aliphatic carbocycles. The highest BCUT2D eigenvalue weighted by Gasteiger charge is 2.25. The minimum absolute atomic E-state index is 0.140. The topological polar surface area (TPSA) is 52.0 Å². The van der Waals surface area contributed by atoms with Gasteiger partial charge in [-0.05, 0) is 18.8 Å². The van der Waals surface area contributed by atoms with Crippen molar-refractivity contribution in [3.8, 4) is 0 Å². The lowest BCUT2D eigenvalue weighted by molar-refractivity contribution is -0.00404. The molecule has 0 saturated carbocycles. The molecule has 2 aromatic heterocycles. The molecule has 0 unspecified atom stereocenters. The van der Waals surface area contributed by atoms with Crippen LogP contribution in [-0.2, 0) is 18.3 Å². The van der Waals surface area contributed by atoms with Crippen molar-refractivity contribution in [3.63, 3.8) is 0 Å². The maximum absolute atomic E-state index is 5.91. The zero-order chi connectivity index (χ0) is 15.5. The highest BCUT2D eigenvalue weighted by atomic mass is 32.1. The number of nitrogens with one attached hydrogen (secondary N) is 1. The van der Waals surface area contributed by atoms with Crippen molar-refractivity contribution >= 4 is 11.3 Å². The third kappa shape index (κ3) is 3.56. The smallest absolute Gasteiger partial charge is 0.107 e.